The maximum atomic E-state index is 13.1. The van der Waals surface area contributed by atoms with Gasteiger partial charge in [-0.3, -0.25) is 4.79 Å². The average molecular weight is 316 g/mol. The molecule has 21 heavy (non-hydrogen) atoms. The minimum atomic E-state index is -3.50. The number of carbonyl (C=O) groups excluding carboxylic acids is 1. The topological polar surface area (TPSA) is 69.7 Å². The SMILES string of the molecule is COC(=O)CC(C)S(=O)(=O)CC1Cc2cc(F)ccc2O1. The Morgan fingerprint density at radius 1 is 1.52 bits per heavy atom. The lowest BCUT2D eigenvalue weighted by Gasteiger charge is -2.15. The number of fused-ring (bicyclic) bond motifs is 1. The summed E-state index contributed by atoms with van der Waals surface area (Å²) in [6, 6.07) is 4.12. The minimum Gasteiger partial charge on any atom is -0.489 e. The number of hydrogen-bond acceptors (Lipinski definition) is 5. The first-order chi connectivity index (χ1) is 9.81. The average Bonchev–Trinajstić information content (AvgIpc) is 2.78. The van der Waals surface area contributed by atoms with Gasteiger partial charge in [-0.2, -0.15) is 0 Å². The Bertz CT molecular complexity index is 641. The minimum absolute atomic E-state index is 0.187. The van der Waals surface area contributed by atoms with Gasteiger partial charge in [-0.1, -0.05) is 0 Å². The molecule has 0 saturated heterocycles. The molecule has 1 aliphatic rings. The molecule has 0 fully saturated rings. The molecule has 0 bridgehead atoms. The monoisotopic (exact) mass is 316 g/mol. The molecule has 1 aromatic rings. The van der Waals surface area contributed by atoms with E-state index in [2.05, 4.69) is 4.74 Å². The van der Waals surface area contributed by atoms with Gasteiger partial charge in [-0.05, 0) is 25.1 Å². The number of benzene rings is 1. The summed E-state index contributed by atoms with van der Waals surface area (Å²) in [6.07, 6.45) is -0.392. The zero-order chi connectivity index (χ0) is 15.6. The van der Waals surface area contributed by atoms with Crippen molar-refractivity contribution in [1.29, 1.82) is 0 Å². The summed E-state index contributed by atoms with van der Waals surface area (Å²) in [5.74, 6) is -0.637. The van der Waals surface area contributed by atoms with Crippen LogP contribution in [0.25, 0.3) is 0 Å². The van der Waals surface area contributed by atoms with Crippen molar-refractivity contribution in [1.82, 2.24) is 0 Å². The maximum absolute atomic E-state index is 13.1. The van der Waals surface area contributed by atoms with Crippen LogP contribution in [-0.2, 0) is 25.8 Å². The van der Waals surface area contributed by atoms with E-state index >= 15 is 0 Å². The quantitative estimate of drug-likeness (QED) is 0.770. The summed E-state index contributed by atoms with van der Waals surface area (Å²) in [7, 11) is -2.28. The van der Waals surface area contributed by atoms with Gasteiger partial charge < -0.3 is 9.47 Å². The first kappa shape index (κ1) is 15.8. The van der Waals surface area contributed by atoms with Gasteiger partial charge in [-0.15, -0.1) is 0 Å². The molecule has 7 heteroatoms. The van der Waals surface area contributed by atoms with Crippen molar-refractivity contribution in [2.24, 2.45) is 0 Å². The summed E-state index contributed by atoms with van der Waals surface area (Å²) in [6.45, 7) is 1.47. The number of ether oxygens (including phenoxy) is 2. The number of methoxy groups -OCH3 is 1. The van der Waals surface area contributed by atoms with Crippen LogP contribution in [0.4, 0.5) is 4.39 Å². The van der Waals surface area contributed by atoms with Crippen LogP contribution in [0, 0.1) is 5.82 Å². The van der Waals surface area contributed by atoms with Gasteiger partial charge in [-0.25, -0.2) is 12.8 Å². The van der Waals surface area contributed by atoms with Crippen LogP contribution in [0.1, 0.15) is 18.9 Å². The molecule has 2 rings (SSSR count). The van der Waals surface area contributed by atoms with Gasteiger partial charge >= 0.3 is 5.97 Å². The van der Waals surface area contributed by atoms with E-state index in [1.165, 1.54) is 32.2 Å². The van der Waals surface area contributed by atoms with E-state index in [4.69, 9.17) is 4.74 Å². The third-order valence-corrected chi connectivity index (χ3v) is 5.71. The first-order valence-corrected chi connectivity index (χ1v) is 8.27. The van der Waals surface area contributed by atoms with Crippen LogP contribution < -0.4 is 4.74 Å². The van der Waals surface area contributed by atoms with Gasteiger partial charge in [0, 0.05) is 12.0 Å². The Labute approximate surface area is 123 Å². The highest BCUT2D eigenvalue weighted by Crippen LogP contribution is 2.30. The van der Waals surface area contributed by atoms with Gasteiger partial charge in [0.05, 0.1) is 24.5 Å². The van der Waals surface area contributed by atoms with Crippen LogP contribution in [0.15, 0.2) is 18.2 Å². The van der Waals surface area contributed by atoms with Crippen molar-refractivity contribution in [3.8, 4) is 5.75 Å². The van der Waals surface area contributed by atoms with E-state index in [0.29, 0.717) is 17.7 Å². The number of halogens is 1. The lowest BCUT2D eigenvalue weighted by molar-refractivity contribution is -0.140. The highest BCUT2D eigenvalue weighted by Gasteiger charge is 2.32. The fourth-order valence-electron chi connectivity index (χ4n) is 2.25. The molecule has 2 atom stereocenters. The summed E-state index contributed by atoms with van der Waals surface area (Å²) in [5.41, 5.74) is 0.663. The van der Waals surface area contributed by atoms with Crippen molar-refractivity contribution < 1.29 is 27.1 Å². The predicted molar refractivity (Wildman–Crippen MR) is 74.4 cm³/mol. The van der Waals surface area contributed by atoms with Crippen LogP contribution in [0.5, 0.6) is 5.75 Å². The number of esters is 1. The number of carbonyl (C=O) groups is 1. The molecule has 116 valence electrons. The fourth-order valence-corrected chi connectivity index (χ4v) is 3.67. The van der Waals surface area contributed by atoms with E-state index in [1.54, 1.807) is 0 Å². The third-order valence-electron chi connectivity index (χ3n) is 3.48. The first-order valence-electron chi connectivity index (χ1n) is 6.55. The smallest absolute Gasteiger partial charge is 0.306 e. The molecule has 0 spiro atoms. The molecule has 1 aromatic carbocycles. The molecule has 0 saturated carbocycles. The predicted octanol–water partition coefficient (Wildman–Crippen LogP) is 1.50. The van der Waals surface area contributed by atoms with Crippen molar-refractivity contribution in [3.05, 3.63) is 29.6 Å². The van der Waals surface area contributed by atoms with Crippen molar-refractivity contribution >= 4 is 15.8 Å². The normalized spacial score (nSPS) is 18.7. The van der Waals surface area contributed by atoms with Gasteiger partial charge in [0.15, 0.2) is 9.84 Å². The molecule has 2 unspecified atom stereocenters. The van der Waals surface area contributed by atoms with E-state index in [9.17, 15) is 17.6 Å². The van der Waals surface area contributed by atoms with Gasteiger partial charge in [0.2, 0.25) is 0 Å². The van der Waals surface area contributed by atoms with E-state index < -0.39 is 27.2 Å². The third kappa shape index (κ3) is 3.72. The largest absolute Gasteiger partial charge is 0.489 e. The van der Waals surface area contributed by atoms with Crippen molar-refractivity contribution in [3.63, 3.8) is 0 Å². The van der Waals surface area contributed by atoms with Crippen LogP contribution in [-0.4, -0.2) is 38.6 Å². The molecule has 0 amide bonds. The molecule has 0 aliphatic carbocycles. The molecule has 1 aliphatic heterocycles. The summed E-state index contributed by atoms with van der Waals surface area (Å²) >= 11 is 0. The Morgan fingerprint density at radius 3 is 2.90 bits per heavy atom. The second-order valence-electron chi connectivity index (χ2n) is 5.12. The second-order valence-corrected chi connectivity index (χ2v) is 7.58. The molecule has 0 aromatic heterocycles. The van der Waals surface area contributed by atoms with Gasteiger partial charge in [0.1, 0.15) is 17.7 Å². The Morgan fingerprint density at radius 2 is 2.24 bits per heavy atom. The highest BCUT2D eigenvalue weighted by molar-refractivity contribution is 7.92. The number of rotatable bonds is 5. The number of hydrogen-bond donors (Lipinski definition) is 0. The van der Waals surface area contributed by atoms with Crippen LogP contribution in [0.3, 0.4) is 0 Å². The molecule has 5 nitrogen and oxygen atoms in total. The zero-order valence-corrected chi connectivity index (χ0v) is 12.7. The van der Waals surface area contributed by atoms with Crippen LogP contribution in [0.2, 0.25) is 0 Å². The molecule has 1 heterocycles. The van der Waals surface area contributed by atoms with E-state index in [0.717, 1.165) is 0 Å². The standard InChI is InChI=1S/C14H17FO5S/c1-9(5-14(16)19-2)21(17,18)8-12-7-10-6-11(15)3-4-13(10)20-12/h3-4,6,9,12H,5,7-8H2,1-2H3. The van der Waals surface area contributed by atoms with Crippen LogP contribution >= 0.6 is 0 Å². The van der Waals surface area contributed by atoms with Gasteiger partial charge in [0.25, 0.3) is 0 Å². The molecule has 0 N–H and O–H groups in total. The second kappa shape index (κ2) is 6.01. The van der Waals surface area contributed by atoms with E-state index in [-0.39, 0.29) is 18.0 Å². The summed E-state index contributed by atoms with van der Waals surface area (Å²) < 4.78 is 47.5. The molecular formula is C14H17FO5S. The summed E-state index contributed by atoms with van der Waals surface area (Å²) in [5, 5.41) is -0.839. The van der Waals surface area contributed by atoms with Crippen molar-refractivity contribution in [2.75, 3.05) is 12.9 Å². The Balaban J connectivity index is 2.01. The lowest BCUT2D eigenvalue weighted by atomic mass is 10.1. The fraction of sp³-hybridized carbons (Fsp3) is 0.500. The highest BCUT2D eigenvalue weighted by atomic mass is 32.2. The molecule has 0 radical (unpaired) electrons. The Hall–Kier alpha value is -1.63. The maximum Gasteiger partial charge on any atom is 0.306 e. The van der Waals surface area contributed by atoms with E-state index in [1.807, 2.05) is 0 Å². The van der Waals surface area contributed by atoms with Crippen molar-refractivity contribution in [2.45, 2.75) is 31.1 Å². The summed E-state index contributed by atoms with van der Waals surface area (Å²) in [4.78, 5) is 11.2. The number of sulfone groups is 1. The Kier molecular flexibility index (Phi) is 4.51. The zero-order valence-electron chi connectivity index (χ0n) is 11.8. The lowest BCUT2D eigenvalue weighted by Crippen LogP contribution is -2.32. The molecular weight excluding hydrogens is 299 g/mol.